The van der Waals surface area contributed by atoms with E-state index in [2.05, 4.69) is 15.4 Å². The van der Waals surface area contributed by atoms with Crippen molar-refractivity contribution in [3.8, 4) is 0 Å². The van der Waals surface area contributed by atoms with Crippen LogP contribution >= 0.6 is 0 Å². The van der Waals surface area contributed by atoms with Crippen LogP contribution in [-0.4, -0.2) is 63.3 Å². The van der Waals surface area contributed by atoms with Gasteiger partial charge in [-0.2, -0.15) is 5.10 Å². The number of carbonyl (C=O) groups excluding carboxylic acids is 2. The average Bonchev–Trinajstić information content (AvgIpc) is 2.77. The van der Waals surface area contributed by atoms with Crippen molar-refractivity contribution in [3.63, 3.8) is 0 Å². The van der Waals surface area contributed by atoms with E-state index in [4.69, 9.17) is 4.74 Å². The van der Waals surface area contributed by atoms with Crippen LogP contribution in [0.2, 0.25) is 0 Å². The van der Waals surface area contributed by atoms with Gasteiger partial charge in [-0.25, -0.2) is 9.67 Å². The fourth-order valence-corrected chi connectivity index (χ4v) is 2.51. The Bertz CT molecular complexity index is 571. The molecule has 0 radical (unpaired) electrons. The largest absolute Gasteiger partial charge is 0.362 e. The van der Waals surface area contributed by atoms with Crippen LogP contribution in [-0.2, 0) is 20.9 Å². The van der Waals surface area contributed by atoms with E-state index in [1.165, 1.54) is 6.92 Å². The van der Waals surface area contributed by atoms with Crippen molar-refractivity contribution in [1.82, 2.24) is 25.0 Å². The lowest BCUT2D eigenvalue weighted by atomic mass is 10.0. The zero-order chi connectivity index (χ0) is 16.3. The fraction of sp³-hybridized carbons (Fsp3) is 0.714. The molecular weight excluding hydrogens is 286 g/mol. The Kier molecular flexibility index (Phi) is 4.80. The highest BCUT2D eigenvalue weighted by atomic mass is 16.5. The molecule has 0 unspecified atom stereocenters. The van der Waals surface area contributed by atoms with Gasteiger partial charge in [0.2, 0.25) is 5.91 Å². The molecule has 0 bridgehead atoms. The first kappa shape index (κ1) is 16.4. The van der Waals surface area contributed by atoms with Gasteiger partial charge in [0, 0.05) is 20.0 Å². The minimum Gasteiger partial charge on any atom is -0.362 e. The molecule has 2 amide bonds. The third-order valence-corrected chi connectivity index (χ3v) is 3.77. The number of hydrogen-bond donors (Lipinski definition) is 1. The highest BCUT2D eigenvalue weighted by molar-refractivity contribution is 5.86. The molecule has 1 saturated heterocycles. The van der Waals surface area contributed by atoms with Gasteiger partial charge in [0.05, 0.1) is 19.7 Å². The second-order valence-electron chi connectivity index (χ2n) is 5.71. The summed E-state index contributed by atoms with van der Waals surface area (Å²) >= 11 is 0. The summed E-state index contributed by atoms with van der Waals surface area (Å²) in [6, 6.07) is 0. The van der Waals surface area contributed by atoms with Crippen molar-refractivity contribution in [2.75, 3.05) is 26.2 Å². The Labute approximate surface area is 129 Å². The third-order valence-electron chi connectivity index (χ3n) is 3.77. The summed E-state index contributed by atoms with van der Waals surface area (Å²) in [4.78, 5) is 29.7. The maximum absolute atomic E-state index is 12.3. The van der Waals surface area contributed by atoms with Crippen molar-refractivity contribution in [3.05, 3.63) is 11.6 Å². The molecule has 2 heterocycles. The number of ether oxygens (including phenoxy) is 1. The maximum atomic E-state index is 12.3. The summed E-state index contributed by atoms with van der Waals surface area (Å²) in [5.41, 5.74) is -1.00. The van der Waals surface area contributed by atoms with Crippen molar-refractivity contribution >= 4 is 11.8 Å². The van der Waals surface area contributed by atoms with Gasteiger partial charge >= 0.3 is 0 Å². The van der Waals surface area contributed by atoms with Crippen LogP contribution in [0, 0.1) is 13.8 Å². The molecule has 1 aromatic rings. The predicted molar refractivity (Wildman–Crippen MR) is 79.1 cm³/mol. The van der Waals surface area contributed by atoms with Crippen LogP contribution in [0.4, 0.5) is 0 Å². The maximum Gasteiger partial charge on any atom is 0.253 e. The van der Waals surface area contributed by atoms with Gasteiger partial charge in [-0.1, -0.05) is 0 Å². The Morgan fingerprint density at radius 1 is 1.41 bits per heavy atom. The molecule has 0 aromatic carbocycles. The van der Waals surface area contributed by atoms with Crippen LogP contribution in [0.5, 0.6) is 0 Å². The Hall–Kier alpha value is -1.96. The van der Waals surface area contributed by atoms with Crippen LogP contribution in [0.1, 0.15) is 25.5 Å². The van der Waals surface area contributed by atoms with E-state index in [9.17, 15) is 9.59 Å². The molecule has 1 atom stereocenters. The molecule has 1 fully saturated rings. The van der Waals surface area contributed by atoms with Crippen molar-refractivity contribution < 1.29 is 14.3 Å². The van der Waals surface area contributed by atoms with Crippen LogP contribution in [0.25, 0.3) is 0 Å². The van der Waals surface area contributed by atoms with Gasteiger partial charge < -0.3 is 15.0 Å². The fourth-order valence-electron chi connectivity index (χ4n) is 2.51. The average molecular weight is 309 g/mol. The number of nitrogens with zero attached hydrogens (tertiary/aromatic N) is 4. The standard InChI is InChI=1S/C14H23N5O3/c1-10-16-11(2)19(17-10)6-5-15-13(21)14(4)9-18(12(3)20)7-8-22-14/h5-9H2,1-4H3,(H,15,21)/t14-/m0/s1. The number of carbonyl (C=O) groups is 2. The number of aromatic nitrogens is 3. The predicted octanol–water partition coefficient (Wildman–Crippen LogP) is -0.351. The lowest BCUT2D eigenvalue weighted by Crippen LogP contribution is -2.59. The lowest BCUT2D eigenvalue weighted by Gasteiger charge is -2.38. The summed E-state index contributed by atoms with van der Waals surface area (Å²) in [6.07, 6.45) is 0. The molecule has 8 nitrogen and oxygen atoms in total. The molecule has 0 aliphatic carbocycles. The molecule has 1 aliphatic heterocycles. The third kappa shape index (κ3) is 3.62. The van der Waals surface area contributed by atoms with E-state index in [-0.39, 0.29) is 18.4 Å². The molecular formula is C14H23N5O3. The summed E-state index contributed by atoms with van der Waals surface area (Å²) in [5.74, 6) is 1.27. The van der Waals surface area contributed by atoms with Gasteiger partial charge in [0.1, 0.15) is 11.6 Å². The van der Waals surface area contributed by atoms with Gasteiger partial charge in [0.25, 0.3) is 5.91 Å². The van der Waals surface area contributed by atoms with E-state index in [0.29, 0.717) is 32.1 Å². The number of nitrogens with one attached hydrogen (secondary N) is 1. The van der Waals surface area contributed by atoms with Crippen molar-refractivity contribution in [1.29, 1.82) is 0 Å². The molecule has 8 heteroatoms. The molecule has 0 saturated carbocycles. The first-order valence-corrected chi connectivity index (χ1v) is 7.37. The van der Waals surface area contributed by atoms with E-state index in [1.54, 1.807) is 16.5 Å². The van der Waals surface area contributed by atoms with E-state index in [1.807, 2.05) is 13.8 Å². The first-order chi connectivity index (χ1) is 10.3. The van der Waals surface area contributed by atoms with Gasteiger partial charge in [-0.3, -0.25) is 9.59 Å². The Balaban J connectivity index is 1.88. The number of morpholine rings is 1. The van der Waals surface area contributed by atoms with Gasteiger partial charge in [-0.05, 0) is 20.8 Å². The second kappa shape index (κ2) is 6.43. The number of rotatable bonds is 4. The Morgan fingerprint density at radius 3 is 2.73 bits per heavy atom. The summed E-state index contributed by atoms with van der Waals surface area (Å²) < 4.78 is 7.35. The normalized spacial score (nSPS) is 21.7. The molecule has 1 aromatic heterocycles. The minimum absolute atomic E-state index is 0.0453. The van der Waals surface area contributed by atoms with Crippen LogP contribution < -0.4 is 5.32 Å². The van der Waals surface area contributed by atoms with Gasteiger partial charge in [-0.15, -0.1) is 0 Å². The molecule has 122 valence electrons. The first-order valence-electron chi connectivity index (χ1n) is 7.37. The second-order valence-corrected chi connectivity index (χ2v) is 5.71. The lowest BCUT2D eigenvalue weighted by molar-refractivity contribution is -0.162. The summed E-state index contributed by atoms with van der Waals surface area (Å²) in [6.45, 7) is 9.05. The van der Waals surface area contributed by atoms with Crippen LogP contribution in [0.15, 0.2) is 0 Å². The summed E-state index contributed by atoms with van der Waals surface area (Å²) in [5, 5.41) is 7.09. The smallest absolute Gasteiger partial charge is 0.253 e. The van der Waals surface area contributed by atoms with E-state index >= 15 is 0 Å². The quantitative estimate of drug-likeness (QED) is 0.821. The zero-order valence-corrected chi connectivity index (χ0v) is 13.5. The van der Waals surface area contributed by atoms with Crippen molar-refractivity contribution in [2.45, 2.75) is 39.8 Å². The molecule has 1 aliphatic rings. The van der Waals surface area contributed by atoms with E-state index in [0.717, 1.165) is 5.82 Å². The molecule has 22 heavy (non-hydrogen) atoms. The molecule has 1 N–H and O–H groups in total. The minimum atomic E-state index is -1.00. The number of aryl methyl sites for hydroxylation is 2. The molecule has 2 rings (SSSR count). The molecule has 0 spiro atoms. The highest BCUT2D eigenvalue weighted by Gasteiger charge is 2.39. The number of amides is 2. The van der Waals surface area contributed by atoms with Crippen molar-refractivity contribution in [2.24, 2.45) is 0 Å². The summed E-state index contributed by atoms with van der Waals surface area (Å²) in [7, 11) is 0. The SMILES string of the molecule is CC(=O)N1CCO[C@](C)(C(=O)NCCn2nc(C)nc2C)C1. The Morgan fingerprint density at radius 2 is 2.14 bits per heavy atom. The zero-order valence-electron chi connectivity index (χ0n) is 13.5. The highest BCUT2D eigenvalue weighted by Crippen LogP contribution is 2.18. The van der Waals surface area contributed by atoms with E-state index < -0.39 is 5.60 Å². The van der Waals surface area contributed by atoms with Gasteiger partial charge in [0.15, 0.2) is 5.60 Å². The number of hydrogen-bond acceptors (Lipinski definition) is 5. The van der Waals surface area contributed by atoms with Crippen LogP contribution in [0.3, 0.4) is 0 Å². The topological polar surface area (TPSA) is 89.4 Å². The monoisotopic (exact) mass is 309 g/mol.